The monoisotopic (exact) mass is 457 g/mol. The maximum atomic E-state index is 11.9. The zero-order valence-corrected chi connectivity index (χ0v) is 22.3. The highest BCUT2D eigenvalue weighted by Crippen LogP contribution is 2.74. The lowest BCUT2D eigenvalue weighted by Crippen LogP contribution is -2.64. The summed E-state index contributed by atoms with van der Waals surface area (Å²) in [6, 6.07) is 0.814. The minimum atomic E-state index is -0.257. The summed E-state index contributed by atoms with van der Waals surface area (Å²) >= 11 is 0. The van der Waals surface area contributed by atoms with E-state index in [0.717, 1.165) is 43.6 Å². The quantitative estimate of drug-likeness (QED) is 0.334. The second-order valence-electron chi connectivity index (χ2n) is 14.2. The Kier molecular flexibility index (Phi) is 5.95. The highest BCUT2D eigenvalue weighted by atomic mass is 16.3. The lowest BCUT2D eigenvalue weighted by molar-refractivity contribution is -0.204. The predicted octanol–water partition coefficient (Wildman–Crippen LogP) is 6.09. The summed E-state index contributed by atoms with van der Waals surface area (Å²) in [6.45, 7) is 15.7. The molecule has 0 heterocycles. The average Bonchev–Trinajstić information content (AvgIpc) is 3.53. The summed E-state index contributed by atoms with van der Waals surface area (Å²) in [5.74, 6) is 2.40. The van der Waals surface area contributed by atoms with Crippen LogP contribution in [0.1, 0.15) is 106 Å². The minimum Gasteiger partial charge on any atom is -0.393 e. The summed E-state index contributed by atoms with van der Waals surface area (Å²) in [5, 5.41) is 26.4. The van der Waals surface area contributed by atoms with Crippen LogP contribution in [0.2, 0.25) is 0 Å². The highest BCUT2D eigenvalue weighted by Gasteiger charge is 2.70. The van der Waals surface area contributed by atoms with Crippen LogP contribution in [0.25, 0.3) is 0 Å². The van der Waals surface area contributed by atoms with Gasteiger partial charge in [-0.15, -0.1) is 0 Å². The van der Waals surface area contributed by atoms with Crippen LogP contribution < -0.4 is 5.32 Å². The van der Waals surface area contributed by atoms with Gasteiger partial charge >= 0.3 is 0 Å². The fourth-order valence-electron chi connectivity index (χ4n) is 9.88. The number of fused-ring (bicyclic) bond motifs is 5. The van der Waals surface area contributed by atoms with Gasteiger partial charge in [-0.25, -0.2) is 0 Å². The first-order valence-corrected chi connectivity index (χ1v) is 14.3. The molecule has 0 radical (unpaired) electrons. The van der Waals surface area contributed by atoms with E-state index in [1.54, 1.807) is 0 Å². The average molecular weight is 458 g/mol. The smallest absolute Gasteiger partial charge is 0.0628 e. The van der Waals surface area contributed by atoms with Crippen molar-refractivity contribution >= 4 is 0 Å². The molecule has 4 fully saturated rings. The van der Waals surface area contributed by atoms with Crippen molar-refractivity contribution in [2.45, 2.75) is 124 Å². The molecule has 5 aliphatic carbocycles. The van der Waals surface area contributed by atoms with Crippen molar-refractivity contribution in [3.05, 3.63) is 11.6 Å². The molecule has 0 spiro atoms. The fraction of sp³-hybridized carbons (Fsp3) is 0.933. The second-order valence-corrected chi connectivity index (χ2v) is 14.2. The molecule has 3 nitrogen and oxygen atoms in total. The zero-order chi connectivity index (χ0) is 23.8. The fourth-order valence-corrected chi connectivity index (χ4v) is 9.88. The molecule has 3 N–H and O–H groups in total. The number of hydrogen-bond acceptors (Lipinski definition) is 3. The van der Waals surface area contributed by atoms with Gasteiger partial charge in [-0.05, 0) is 105 Å². The maximum absolute atomic E-state index is 11.9. The molecule has 5 aliphatic rings. The van der Waals surface area contributed by atoms with Gasteiger partial charge in [-0.3, -0.25) is 0 Å². The first-order valence-electron chi connectivity index (χ1n) is 14.3. The molecule has 3 heteroatoms. The van der Waals surface area contributed by atoms with Gasteiger partial charge in [0.25, 0.3) is 0 Å². The summed E-state index contributed by atoms with van der Waals surface area (Å²) in [4.78, 5) is 0. The van der Waals surface area contributed by atoms with E-state index in [9.17, 15) is 10.2 Å². The van der Waals surface area contributed by atoms with Crippen LogP contribution in [0.3, 0.4) is 0 Å². The minimum absolute atomic E-state index is 0.0674. The van der Waals surface area contributed by atoms with Gasteiger partial charge in [-0.2, -0.15) is 0 Å². The van der Waals surface area contributed by atoms with Crippen LogP contribution in [-0.2, 0) is 0 Å². The van der Waals surface area contributed by atoms with Gasteiger partial charge in [0.2, 0.25) is 0 Å². The Hall–Kier alpha value is -0.380. The summed E-state index contributed by atoms with van der Waals surface area (Å²) in [6.07, 6.45) is 13.9. The lowest BCUT2D eigenvalue weighted by atomic mass is 9.38. The van der Waals surface area contributed by atoms with Crippen molar-refractivity contribution in [3.8, 4) is 0 Å². The molecule has 0 unspecified atom stereocenters. The second kappa shape index (κ2) is 8.07. The number of hydrogen-bond donors (Lipinski definition) is 3. The Labute approximate surface area is 203 Å². The van der Waals surface area contributed by atoms with Crippen molar-refractivity contribution in [2.24, 2.45) is 45.3 Å². The largest absolute Gasteiger partial charge is 0.393 e. The van der Waals surface area contributed by atoms with Gasteiger partial charge in [0, 0.05) is 16.9 Å². The number of nitrogens with one attached hydrogen (secondary N) is 1. The molecule has 0 aromatic heterocycles. The summed E-state index contributed by atoms with van der Waals surface area (Å²) in [7, 11) is 0. The third kappa shape index (κ3) is 3.45. The number of aliphatic hydroxyl groups is 2. The number of rotatable bonds is 6. The van der Waals surface area contributed by atoms with Gasteiger partial charge in [-0.1, -0.05) is 53.2 Å². The van der Waals surface area contributed by atoms with Gasteiger partial charge in [0.15, 0.2) is 0 Å². The van der Waals surface area contributed by atoms with Gasteiger partial charge in [0.05, 0.1) is 12.2 Å². The summed E-state index contributed by atoms with van der Waals surface area (Å²) in [5.41, 5.74) is 1.71. The van der Waals surface area contributed by atoms with E-state index in [4.69, 9.17) is 0 Å². The van der Waals surface area contributed by atoms with E-state index in [1.165, 1.54) is 50.6 Å². The molecule has 33 heavy (non-hydrogen) atoms. The standard InChI is InChI=1S/C30H51NO2/c1-19(8-7-17-31-20-9-10-20)21-15-16-28(4)24-13-11-22-23(12-14-25(32)27(22,2)3)30(24,6)26(33)18-29(21,28)5/h11,19-21,23-26,31-33H,7-10,12-18H2,1-6H3/t19-,21-,23-,24+,25+,26-,28+,29-,30+/m1/s1. The van der Waals surface area contributed by atoms with E-state index < -0.39 is 0 Å². The normalized spacial score (nSPS) is 49.6. The molecule has 9 atom stereocenters. The molecule has 0 saturated heterocycles. The van der Waals surface area contributed by atoms with Crippen LogP contribution >= 0.6 is 0 Å². The molecule has 4 saturated carbocycles. The molecule has 0 aromatic carbocycles. The van der Waals surface area contributed by atoms with Crippen molar-refractivity contribution in [3.63, 3.8) is 0 Å². The Morgan fingerprint density at radius 1 is 0.970 bits per heavy atom. The van der Waals surface area contributed by atoms with E-state index in [2.05, 4.69) is 52.9 Å². The van der Waals surface area contributed by atoms with E-state index in [1.807, 2.05) is 0 Å². The topological polar surface area (TPSA) is 52.5 Å². The van der Waals surface area contributed by atoms with Crippen LogP contribution in [0.4, 0.5) is 0 Å². The van der Waals surface area contributed by atoms with E-state index in [-0.39, 0.29) is 33.9 Å². The predicted molar refractivity (Wildman–Crippen MR) is 136 cm³/mol. The lowest BCUT2D eigenvalue weighted by Gasteiger charge is -2.67. The van der Waals surface area contributed by atoms with Crippen LogP contribution in [0.15, 0.2) is 11.6 Å². The van der Waals surface area contributed by atoms with Crippen LogP contribution in [0.5, 0.6) is 0 Å². The Balaban J connectivity index is 1.39. The van der Waals surface area contributed by atoms with E-state index in [0.29, 0.717) is 11.8 Å². The SMILES string of the molecule is C[C@H](CCCNC1CC1)[C@H]1CC[C@@]2(C)[C@@H]3CC=C4[C@@H](CC[C@H](O)C4(C)C)[C@]3(C)[C@H](O)C[C@]12C. The van der Waals surface area contributed by atoms with Crippen LogP contribution in [-0.4, -0.2) is 35.0 Å². The van der Waals surface area contributed by atoms with Gasteiger partial charge < -0.3 is 15.5 Å². The first-order chi connectivity index (χ1) is 15.5. The third-order valence-electron chi connectivity index (χ3n) is 12.5. The van der Waals surface area contributed by atoms with Crippen molar-refractivity contribution in [1.82, 2.24) is 5.32 Å². The highest BCUT2D eigenvalue weighted by molar-refractivity contribution is 5.31. The Bertz CT molecular complexity index is 786. The molecule has 0 bridgehead atoms. The third-order valence-corrected chi connectivity index (χ3v) is 12.5. The Morgan fingerprint density at radius 2 is 1.70 bits per heavy atom. The van der Waals surface area contributed by atoms with E-state index >= 15 is 0 Å². The number of aliphatic hydroxyl groups excluding tert-OH is 2. The molecule has 188 valence electrons. The molecule has 0 aliphatic heterocycles. The summed E-state index contributed by atoms with van der Waals surface area (Å²) < 4.78 is 0. The zero-order valence-electron chi connectivity index (χ0n) is 22.3. The molecule has 5 rings (SSSR count). The number of allylic oxidation sites excluding steroid dienone is 1. The maximum Gasteiger partial charge on any atom is 0.0628 e. The molecule has 0 amide bonds. The van der Waals surface area contributed by atoms with Crippen molar-refractivity contribution in [2.75, 3.05) is 6.54 Å². The Morgan fingerprint density at radius 3 is 2.39 bits per heavy atom. The van der Waals surface area contributed by atoms with Gasteiger partial charge in [0.1, 0.15) is 0 Å². The molecular formula is C30H51NO2. The molecular weight excluding hydrogens is 406 g/mol. The first kappa shape index (κ1) is 24.3. The van der Waals surface area contributed by atoms with Crippen molar-refractivity contribution < 1.29 is 10.2 Å². The van der Waals surface area contributed by atoms with Crippen LogP contribution in [0, 0.1) is 45.3 Å². The molecule has 0 aromatic rings. The van der Waals surface area contributed by atoms with Crippen molar-refractivity contribution in [1.29, 1.82) is 0 Å².